The lowest BCUT2D eigenvalue weighted by molar-refractivity contribution is -0.132. The molecule has 0 aliphatic rings. The summed E-state index contributed by atoms with van der Waals surface area (Å²) >= 11 is 12.1. The molecule has 0 unspecified atom stereocenters. The van der Waals surface area contributed by atoms with Crippen molar-refractivity contribution in [2.24, 2.45) is 0 Å². The van der Waals surface area contributed by atoms with E-state index in [9.17, 15) is 18.3 Å². The number of carbonyl (C=O) groups is 1. The molecule has 0 bridgehead atoms. The summed E-state index contributed by atoms with van der Waals surface area (Å²) in [5.41, 5.74) is 0.216. The van der Waals surface area contributed by atoms with Gasteiger partial charge in [-0.3, -0.25) is 4.79 Å². The van der Waals surface area contributed by atoms with Gasteiger partial charge < -0.3 is 14.3 Å². The summed E-state index contributed by atoms with van der Waals surface area (Å²) in [4.78, 5) is 11.3. The number of halogens is 2. The Hall–Kier alpha value is -1.90. The first-order valence-electron chi connectivity index (χ1n) is 7.05. The van der Waals surface area contributed by atoms with Gasteiger partial charge in [0.05, 0.1) is 15.8 Å². The Balaban J connectivity index is 2.73. The number of sulfonamides is 1. The van der Waals surface area contributed by atoms with Crippen LogP contribution >= 0.6 is 23.2 Å². The van der Waals surface area contributed by atoms with Crippen molar-refractivity contribution in [1.29, 1.82) is 0 Å². The summed E-state index contributed by atoms with van der Waals surface area (Å²) in [7, 11) is -2.52. The third-order valence-electron chi connectivity index (χ3n) is 3.33. The lowest BCUT2D eigenvalue weighted by atomic mass is 10.1. The molecule has 0 aliphatic heterocycles. The van der Waals surface area contributed by atoms with E-state index in [1.54, 1.807) is 6.07 Å². The van der Waals surface area contributed by atoms with E-state index in [1.807, 2.05) is 0 Å². The lowest BCUT2D eigenvalue weighted by Crippen LogP contribution is -2.28. The van der Waals surface area contributed by atoms with Gasteiger partial charge in [0.1, 0.15) is 0 Å². The topological polar surface area (TPSA) is 97.1 Å². The number of ether oxygens (including phenoxy) is 1. The van der Waals surface area contributed by atoms with Gasteiger partial charge in [0.2, 0.25) is 21.5 Å². The minimum atomic E-state index is -3.74. The predicted octanol–water partition coefficient (Wildman–Crippen LogP) is 3.67. The molecular formula is C15H15Cl2NO6S. The number of nitrogens with zero attached hydrogens (tertiary/aromatic N) is 1. The molecule has 0 radical (unpaired) electrons. The zero-order valence-electron chi connectivity index (χ0n) is 13.5. The molecule has 7 nitrogen and oxygen atoms in total. The third kappa shape index (κ3) is 3.70. The van der Waals surface area contributed by atoms with Crippen molar-refractivity contribution in [2.75, 3.05) is 17.1 Å². The number of aromatic hydroxyl groups is 1. The smallest absolute Gasteiger partial charge is 0.308 e. The summed E-state index contributed by atoms with van der Waals surface area (Å²) < 4.78 is 35.4. The molecule has 10 heteroatoms. The minimum Gasteiger partial charge on any atom is -0.502 e. The van der Waals surface area contributed by atoms with Gasteiger partial charge in [-0.1, -0.05) is 29.3 Å². The quantitative estimate of drug-likeness (QED) is 0.759. The van der Waals surface area contributed by atoms with Gasteiger partial charge in [-0.15, -0.1) is 0 Å². The molecule has 1 aromatic heterocycles. The maximum atomic E-state index is 12.1. The Morgan fingerprint density at radius 1 is 1.36 bits per heavy atom. The standard InChI is InChI=1S/C15H15Cl2NO6S/c1-4-25(21,22)18(3)15-14(23-8(2)19)12(20)13(24-15)9-6-5-7-10(16)11(9)17/h5-7,20H,4H2,1-3H3. The zero-order valence-corrected chi connectivity index (χ0v) is 15.9. The van der Waals surface area contributed by atoms with Gasteiger partial charge in [0.15, 0.2) is 5.76 Å². The molecular weight excluding hydrogens is 393 g/mol. The fraction of sp³-hybridized carbons (Fsp3) is 0.267. The lowest BCUT2D eigenvalue weighted by Gasteiger charge is -2.16. The number of carbonyl (C=O) groups excluding carboxylic acids is 1. The maximum Gasteiger partial charge on any atom is 0.308 e. The monoisotopic (exact) mass is 407 g/mol. The number of hydrogen-bond acceptors (Lipinski definition) is 6. The van der Waals surface area contributed by atoms with Crippen LogP contribution in [0.1, 0.15) is 13.8 Å². The van der Waals surface area contributed by atoms with Crippen LogP contribution in [0.25, 0.3) is 11.3 Å². The van der Waals surface area contributed by atoms with Crippen LogP contribution in [0.15, 0.2) is 22.6 Å². The van der Waals surface area contributed by atoms with Gasteiger partial charge in [0.25, 0.3) is 5.88 Å². The third-order valence-corrected chi connectivity index (χ3v) is 5.88. The molecule has 0 fully saturated rings. The molecule has 0 saturated carbocycles. The van der Waals surface area contributed by atoms with E-state index in [-0.39, 0.29) is 33.0 Å². The van der Waals surface area contributed by atoms with E-state index < -0.39 is 27.5 Å². The highest BCUT2D eigenvalue weighted by atomic mass is 35.5. The Morgan fingerprint density at radius 2 is 2.00 bits per heavy atom. The molecule has 2 aromatic rings. The second-order valence-electron chi connectivity index (χ2n) is 4.98. The minimum absolute atomic E-state index is 0.0927. The van der Waals surface area contributed by atoms with E-state index >= 15 is 0 Å². The number of esters is 1. The Bertz CT molecular complexity index is 922. The maximum absolute atomic E-state index is 12.1. The Labute approximate surface area is 154 Å². The van der Waals surface area contributed by atoms with Crippen molar-refractivity contribution in [3.8, 4) is 22.8 Å². The van der Waals surface area contributed by atoms with Crippen LogP contribution in [0.3, 0.4) is 0 Å². The van der Waals surface area contributed by atoms with Crippen LogP contribution in [0.2, 0.25) is 10.0 Å². The second kappa shape index (κ2) is 7.15. The first-order chi connectivity index (χ1) is 11.6. The summed E-state index contributed by atoms with van der Waals surface area (Å²) in [5, 5.41) is 10.7. The first kappa shape index (κ1) is 19.4. The van der Waals surface area contributed by atoms with Crippen molar-refractivity contribution in [1.82, 2.24) is 0 Å². The van der Waals surface area contributed by atoms with E-state index in [2.05, 4.69) is 0 Å². The molecule has 0 spiro atoms. The Morgan fingerprint density at radius 3 is 2.56 bits per heavy atom. The molecule has 0 saturated heterocycles. The number of rotatable bonds is 5. The molecule has 1 heterocycles. The van der Waals surface area contributed by atoms with Crippen LogP contribution < -0.4 is 9.04 Å². The number of hydrogen-bond donors (Lipinski definition) is 1. The van der Waals surface area contributed by atoms with E-state index in [1.165, 1.54) is 26.1 Å². The van der Waals surface area contributed by atoms with Crippen molar-refractivity contribution in [3.63, 3.8) is 0 Å². The summed E-state index contributed by atoms with van der Waals surface area (Å²) in [5.74, 6) is -2.48. The van der Waals surface area contributed by atoms with Crippen molar-refractivity contribution in [2.45, 2.75) is 13.8 Å². The van der Waals surface area contributed by atoms with Crippen molar-refractivity contribution >= 4 is 45.1 Å². The Kier molecular flexibility index (Phi) is 5.55. The largest absolute Gasteiger partial charge is 0.502 e. The fourth-order valence-electron chi connectivity index (χ4n) is 2.02. The summed E-state index contributed by atoms with van der Waals surface area (Å²) in [6.45, 7) is 2.55. The molecule has 25 heavy (non-hydrogen) atoms. The van der Waals surface area contributed by atoms with E-state index in [0.717, 1.165) is 11.2 Å². The van der Waals surface area contributed by atoms with Gasteiger partial charge in [-0.05, 0) is 19.1 Å². The van der Waals surface area contributed by atoms with Gasteiger partial charge >= 0.3 is 5.97 Å². The number of furan rings is 1. The van der Waals surface area contributed by atoms with Crippen LogP contribution in [-0.4, -0.2) is 32.3 Å². The average molecular weight is 408 g/mol. The van der Waals surface area contributed by atoms with Gasteiger partial charge in [0, 0.05) is 19.5 Å². The van der Waals surface area contributed by atoms with Crippen LogP contribution in [-0.2, 0) is 14.8 Å². The van der Waals surface area contributed by atoms with Gasteiger partial charge in [-0.2, -0.15) is 0 Å². The predicted molar refractivity (Wildman–Crippen MR) is 95.0 cm³/mol. The number of anilines is 1. The molecule has 1 aromatic carbocycles. The fourth-order valence-corrected chi connectivity index (χ4v) is 3.17. The van der Waals surface area contributed by atoms with E-state index in [4.69, 9.17) is 32.4 Å². The molecule has 2 rings (SSSR count). The van der Waals surface area contributed by atoms with Crippen LogP contribution in [0, 0.1) is 0 Å². The van der Waals surface area contributed by atoms with Gasteiger partial charge in [-0.25, -0.2) is 12.7 Å². The highest BCUT2D eigenvalue weighted by Gasteiger charge is 2.31. The highest BCUT2D eigenvalue weighted by Crippen LogP contribution is 2.50. The summed E-state index contributed by atoms with van der Waals surface area (Å²) in [6.07, 6.45) is 0. The average Bonchev–Trinajstić information content (AvgIpc) is 2.85. The summed E-state index contributed by atoms with van der Waals surface area (Å²) in [6, 6.07) is 4.63. The van der Waals surface area contributed by atoms with E-state index in [0.29, 0.717) is 0 Å². The molecule has 1 N–H and O–H groups in total. The second-order valence-corrected chi connectivity index (χ2v) is 8.05. The number of benzene rings is 1. The van der Waals surface area contributed by atoms with Crippen LogP contribution in [0.4, 0.5) is 5.88 Å². The normalized spacial score (nSPS) is 11.4. The molecule has 0 amide bonds. The highest BCUT2D eigenvalue weighted by molar-refractivity contribution is 7.92. The first-order valence-corrected chi connectivity index (χ1v) is 9.41. The molecule has 0 aliphatic carbocycles. The molecule has 0 atom stereocenters. The SMILES string of the molecule is CCS(=O)(=O)N(C)c1oc(-c2cccc(Cl)c2Cl)c(O)c1OC(C)=O. The molecule has 136 valence electrons. The van der Waals surface area contributed by atoms with Crippen molar-refractivity contribution < 1.29 is 27.5 Å². The zero-order chi connectivity index (χ0) is 18.9. The van der Waals surface area contributed by atoms with Crippen molar-refractivity contribution in [3.05, 3.63) is 28.2 Å². The van der Waals surface area contributed by atoms with Crippen LogP contribution in [0.5, 0.6) is 11.5 Å².